The quantitative estimate of drug-likeness (QED) is 0.598. The molecule has 1 aromatic carbocycles. The molecular weight excluding hydrogens is 365 g/mol. The van der Waals surface area contributed by atoms with Gasteiger partial charge in [0.2, 0.25) is 5.95 Å². The fraction of sp³-hybridized carbons (Fsp3) is 0.474. The summed E-state index contributed by atoms with van der Waals surface area (Å²) in [7, 11) is 3.35. The van der Waals surface area contributed by atoms with Crippen LogP contribution in [0.5, 0.6) is 11.5 Å². The second kappa shape index (κ2) is 9.03. The highest BCUT2D eigenvalue weighted by Crippen LogP contribution is 2.31. The van der Waals surface area contributed by atoms with Gasteiger partial charge in [0, 0.05) is 50.2 Å². The Hall–Kier alpha value is -2.65. The molecule has 1 atom stereocenters. The number of anilines is 3. The maximum atomic E-state index is 12.9. The molecule has 1 fully saturated rings. The summed E-state index contributed by atoms with van der Waals surface area (Å²) in [6, 6.07) is 7.20. The van der Waals surface area contributed by atoms with Crippen molar-refractivity contribution >= 4 is 17.5 Å². The van der Waals surface area contributed by atoms with Crippen molar-refractivity contribution in [2.24, 2.45) is 0 Å². The Labute approximate surface area is 163 Å². The number of alkyl halides is 1. The Bertz CT molecular complexity index is 801. The monoisotopic (exact) mass is 391 g/mol. The van der Waals surface area contributed by atoms with Gasteiger partial charge in [-0.25, -0.2) is 9.37 Å². The number of likely N-dealkylation sites (tertiary alicyclic amines) is 1. The van der Waals surface area contributed by atoms with Gasteiger partial charge in [-0.05, 0) is 19.1 Å². The molecule has 3 rings (SSSR count). The number of rotatable bonds is 9. The van der Waals surface area contributed by atoms with Gasteiger partial charge in [0.25, 0.3) is 0 Å². The van der Waals surface area contributed by atoms with Crippen LogP contribution in [0.15, 0.2) is 24.3 Å². The van der Waals surface area contributed by atoms with Gasteiger partial charge in [-0.1, -0.05) is 0 Å². The summed E-state index contributed by atoms with van der Waals surface area (Å²) in [5, 5.41) is 16.3. The van der Waals surface area contributed by atoms with Crippen LogP contribution in [-0.2, 0) is 0 Å². The predicted octanol–water partition coefficient (Wildman–Crippen LogP) is 1.97. The summed E-state index contributed by atoms with van der Waals surface area (Å²) in [4.78, 5) is 10.6. The minimum atomic E-state index is -0.789. The van der Waals surface area contributed by atoms with Gasteiger partial charge in [-0.2, -0.15) is 4.98 Å². The summed E-state index contributed by atoms with van der Waals surface area (Å²) >= 11 is 0. The number of hydrogen-bond donors (Lipinski definition) is 3. The lowest BCUT2D eigenvalue weighted by atomic mass is 10.2. The molecule has 28 heavy (non-hydrogen) atoms. The standard InChI is InChI=1S/C19H26FN5O3/c1-12-6-18(21-2)24-19(22-12)23-14-4-5-16(27-3)17(7-14)28-11-15(26)10-25-8-13(20)9-25/h4-7,13,15,26H,8-11H2,1-3H3,(H2,21,22,23,24). The van der Waals surface area contributed by atoms with Crippen LogP contribution in [0.25, 0.3) is 0 Å². The Morgan fingerprint density at radius 2 is 2.07 bits per heavy atom. The third-order valence-electron chi connectivity index (χ3n) is 4.34. The highest BCUT2D eigenvalue weighted by atomic mass is 19.1. The minimum Gasteiger partial charge on any atom is -0.493 e. The number of aliphatic hydroxyl groups excluding tert-OH is 1. The third-order valence-corrected chi connectivity index (χ3v) is 4.34. The van der Waals surface area contributed by atoms with Crippen molar-refractivity contribution in [2.45, 2.75) is 19.2 Å². The lowest BCUT2D eigenvalue weighted by Gasteiger charge is -2.35. The summed E-state index contributed by atoms with van der Waals surface area (Å²) in [5.41, 5.74) is 1.55. The molecule has 2 heterocycles. The second-order valence-corrected chi connectivity index (χ2v) is 6.74. The highest BCUT2D eigenvalue weighted by molar-refractivity contribution is 5.60. The summed E-state index contributed by atoms with van der Waals surface area (Å²) in [6.07, 6.45) is -1.50. The van der Waals surface area contributed by atoms with E-state index in [-0.39, 0.29) is 6.61 Å². The van der Waals surface area contributed by atoms with Gasteiger partial charge in [0.1, 0.15) is 24.7 Å². The van der Waals surface area contributed by atoms with Crippen LogP contribution in [-0.4, -0.2) is 72.6 Å². The number of ether oxygens (including phenoxy) is 2. The first-order valence-corrected chi connectivity index (χ1v) is 9.12. The first-order chi connectivity index (χ1) is 13.5. The second-order valence-electron chi connectivity index (χ2n) is 6.74. The average molecular weight is 391 g/mol. The molecule has 9 heteroatoms. The normalized spacial score (nSPS) is 15.6. The van der Waals surface area contributed by atoms with Crippen molar-refractivity contribution in [1.29, 1.82) is 0 Å². The molecule has 1 unspecified atom stereocenters. The van der Waals surface area contributed by atoms with E-state index in [2.05, 4.69) is 20.6 Å². The van der Waals surface area contributed by atoms with Crippen LogP contribution in [0.1, 0.15) is 5.69 Å². The number of methoxy groups -OCH3 is 1. The smallest absolute Gasteiger partial charge is 0.229 e. The molecule has 1 aliphatic heterocycles. The van der Waals surface area contributed by atoms with Gasteiger partial charge >= 0.3 is 0 Å². The number of β-amino-alcohol motifs (C(OH)–C–C–N with tert-alkyl or cyclic N) is 1. The minimum absolute atomic E-state index is 0.0815. The van der Waals surface area contributed by atoms with E-state index in [0.29, 0.717) is 42.9 Å². The van der Waals surface area contributed by atoms with E-state index in [0.717, 1.165) is 11.4 Å². The fourth-order valence-electron chi connectivity index (χ4n) is 2.94. The van der Waals surface area contributed by atoms with Crippen molar-refractivity contribution in [3.05, 3.63) is 30.0 Å². The van der Waals surface area contributed by atoms with Gasteiger partial charge in [-0.15, -0.1) is 0 Å². The summed E-state index contributed by atoms with van der Waals surface area (Å²) in [6.45, 7) is 3.08. The Kier molecular flexibility index (Phi) is 6.48. The van der Waals surface area contributed by atoms with Gasteiger partial charge in [0.05, 0.1) is 7.11 Å². The van der Waals surface area contributed by atoms with Gasteiger partial charge in [0.15, 0.2) is 11.5 Å². The maximum Gasteiger partial charge on any atom is 0.229 e. The molecule has 2 aromatic rings. The maximum absolute atomic E-state index is 12.9. The van der Waals surface area contributed by atoms with E-state index in [9.17, 15) is 9.50 Å². The van der Waals surface area contributed by atoms with E-state index in [1.165, 1.54) is 0 Å². The SMILES string of the molecule is CNc1cc(C)nc(Nc2ccc(OC)c(OCC(O)CN3CC(F)C3)c2)n1. The molecule has 8 nitrogen and oxygen atoms in total. The summed E-state index contributed by atoms with van der Waals surface area (Å²) in [5.74, 6) is 2.20. The van der Waals surface area contributed by atoms with Crippen LogP contribution in [0.4, 0.5) is 21.8 Å². The van der Waals surface area contributed by atoms with E-state index in [4.69, 9.17) is 9.47 Å². The molecule has 0 aliphatic carbocycles. The van der Waals surface area contributed by atoms with Crippen molar-refractivity contribution in [3.8, 4) is 11.5 Å². The lowest BCUT2D eigenvalue weighted by molar-refractivity contribution is 0.00674. The topological polar surface area (TPSA) is 91.8 Å². The van der Waals surface area contributed by atoms with Crippen LogP contribution < -0.4 is 20.1 Å². The van der Waals surface area contributed by atoms with E-state index < -0.39 is 12.3 Å². The molecular formula is C19H26FN5O3. The van der Waals surface area contributed by atoms with Gasteiger partial charge in [-0.3, -0.25) is 4.90 Å². The zero-order valence-electron chi connectivity index (χ0n) is 16.3. The molecule has 1 saturated heterocycles. The first-order valence-electron chi connectivity index (χ1n) is 9.12. The van der Waals surface area contributed by atoms with Gasteiger partial charge < -0.3 is 25.2 Å². The average Bonchev–Trinajstić information content (AvgIpc) is 2.64. The number of nitrogens with zero attached hydrogens (tertiary/aromatic N) is 3. The molecule has 1 aromatic heterocycles. The summed E-state index contributed by atoms with van der Waals surface area (Å²) < 4.78 is 23.9. The predicted molar refractivity (Wildman–Crippen MR) is 105 cm³/mol. The number of benzene rings is 1. The van der Waals surface area contributed by atoms with E-state index in [1.807, 2.05) is 24.0 Å². The number of aryl methyl sites for hydroxylation is 1. The first kappa shape index (κ1) is 20.1. The number of halogens is 1. The number of hydrogen-bond acceptors (Lipinski definition) is 8. The third kappa shape index (κ3) is 5.20. The lowest BCUT2D eigenvalue weighted by Crippen LogP contribution is -2.51. The Balaban J connectivity index is 1.65. The molecule has 0 amide bonds. The van der Waals surface area contributed by atoms with E-state index >= 15 is 0 Å². The van der Waals surface area contributed by atoms with Crippen molar-refractivity contribution in [2.75, 3.05) is 51.0 Å². The van der Waals surface area contributed by atoms with Crippen LogP contribution >= 0.6 is 0 Å². The molecule has 1 aliphatic rings. The van der Waals surface area contributed by atoms with Crippen molar-refractivity contribution in [3.63, 3.8) is 0 Å². The largest absolute Gasteiger partial charge is 0.493 e. The molecule has 152 valence electrons. The van der Waals surface area contributed by atoms with Crippen molar-refractivity contribution < 1.29 is 19.0 Å². The zero-order chi connectivity index (χ0) is 20.1. The van der Waals surface area contributed by atoms with Crippen LogP contribution in [0.3, 0.4) is 0 Å². The molecule has 0 radical (unpaired) electrons. The zero-order valence-corrected chi connectivity index (χ0v) is 16.3. The number of nitrogens with one attached hydrogen (secondary N) is 2. The van der Waals surface area contributed by atoms with Crippen LogP contribution in [0.2, 0.25) is 0 Å². The molecule has 0 spiro atoms. The fourth-order valence-corrected chi connectivity index (χ4v) is 2.94. The van der Waals surface area contributed by atoms with Crippen LogP contribution in [0, 0.1) is 6.92 Å². The van der Waals surface area contributed by atoms with Crippen molar-refractivity contribution in [1.82, 2.24) is 14.9 Å². The Morgan fingerprint density at radius 1 is 1.29 bits per heavy atom. The molecule has 0 bridgehead atoms. The molecule has 3 N–H and O–H groups in total. The highest BCUT2D eigenvalue weighted by Gasteiger charge is 2.27. The van der Waals surface area contributed by atoms with E-state index in [1.54, 1.807) is 26.3 Å². The number of aromatic nitrogens is 2. The Morgan fingerprint density at radius 3 is 2.75 bits per heavy atom. The number of aliphatic hydroxyl groups is 1. The molecule has 0 saturated carbocycles.